The number of hydrogen-bond acceptors (Lipinski definition) is 3. The Labute approximate surface area is 99.5 Å². The zero-order valence-corrected chi connectivity index (χ0v) is 8.82. The standard InChI is InChI=1S/C11H6F3N3O/c12-8-2-1-6(5-16-8)17-11(18)7-3-4-15-10(14)9(7)13/h1-5H,(H,17,18). The van der Waals surface area contributed by atoms with Gasteiger partial charge in [-0.2, -0.15) is 8.78 Å². The first-order valence-electron chi connectivity index (χ1n) is 4.81. The lowest BCUT2D eigenvalue weighted by Gasteiger charge is -2.05. The molecule has 18 heavy (non-hydrogen) atoms. The molecule has 0 bridgehead atoms. The van der Waals surface area contributed by atoms with E-state index in [4.69, 9.17) is 0 Å². The second kappa shape index (κ2) is 4.82. The summed E-state index contributed by atoms with van der Waals surface area (Å²) in [7, 11) is 0. The van der Waals surface area contributed by atoms with Crippen molar-refractivity contribution < 1.29 is 18.0 Å². The van der Waals surface area contributed by atoms with Gasteiger partial charge < -0.3 is 5.32 Å². The van der Waals surface area contributed by atoms with Gasteiger partial charge in [0.05, 0.1) is 17.4 Å². The van der Waals surface area contributed by atoms with Crippen molar-refractivity contribution in [3.05, 3.63) is 53.9 Å². The van der Waals surface area contributed by atoms with E-state index < -0.39 is 29.2 Å². The second-order valence-corrected chi connectivity index (χ2v) is 3.29. The monoisotopic (exact) mass is 253 g/mol. The van der Waals surface area contributed by atoms with Crippen LogP contribution in [0.15, 0.2) is 30.6 Å². The number of rotatable bonds is 2. The van der Waals surface area contributed by atoms with Gasteiger partial charge in [0.2, 0.25) is 11.9 Å². The number of carbonyl (C=O) groups is 1. The summed E-state index contributed by atoms with van der Waals surface area (Å²) >= 11 is 0. The molecule has 0 saturated carbocycles. The van der Waals surface area contributed by atoms with Gasteiger partial charge in [0.1, 0.15) is 0 Å². The Kier molecular flexibility index (Phi) is 3.22. The second-order valence-electron chi connectivity index (χ2n) is 3.29. The number of carbonyl (C=O) groups excluding carboxylic acids is 1. The van der Waals surface area contributed by atoms with Gasteiger partial charge in [-0.15, -0.1) is 0 Å². The molecule has 1 amide bonds. The topological polar surface area (TPSA) is 54.9 Å². The van der Waals surface area contributed by atoms with E-state index in [1.165, 1.54) is 6.07 Å². The van der Waals surface area contributed by atoms with Gasteiger partial charge in [-0.25, -0.2) is 14.4 Å². The summed E-state index contributed by atoms with van der Waals surface area (Å²) in [4.78, 5) is 18.0. The van der Waals surface area contributed by atoms with Crippen molar-refractivity contribution in [1.29, 1.82) is 0 Å². The van der Waals surface area contributed by atoms with Crippen LogP contribution in [0.2, 0.25) is 0 Å². The minimum Gasteiger partial charge on any atom is -0.320 e. The van der Waals surface area contributed by atoms with Gasteiger partial charge in [-0.1, -0.05) is 0 Å². The van der Waals surface area contributed by atoms with E-state index in [-0.39, 0.29) is 5.69 Å². The number of amides is 1. The molecule has 0 aliphatic heterocycles. The molecule has 0 aromatic carbocycles. The highest BCUT2D eigenvalue weighted by atomic mass is 19.2. The molecule has 0 fully saturated rings. The molecule has 0 unspecified atom stereocenters. The Morgan fingerprint density at radius 1 is 1.11 bits per heavy atom. The molecule has 0 aliphatic carbocycles. The van der Waals surface area contributed by atoms with Crippen molar-refractivity contribution >= 4 is 11.6 Å². The highest BCUT2D eigenvalue weighted by molar-refractivity contribution is 6.04. The first-order chi connectivity index (χ1) is 8.58. The van der Waals surface area contributed by atoms with Crippen LogP contribution in [0.5, 0.6) is 0 Å². The lowest BCUT2D eigenvalue weighted by atomic mass is 10.2. The third-order valence-corrected chi connectivity index (χ3v) is 2.08. The molecule has 0 atom stereocenters. The van der Waals surface area contributed by atoms with Crippen LogP contribution in [0.4, 0.5) is 18.9 Å². The summed E-state index contributed by atoms with van der Waals surface area (Å²) in [6, 6.07) is 3.31. The fraction of sp³-hybridized carbons (Fsp3) is 0. The van der Waals surface area contributed by atoms with Crippen LogP contribution in [-0.2, 0) is 0 Å². The number of hydrogen-bond donors (Lipinski definition) is 1. The predicted octanol–water partition coefficient (Wildman–Crippen LogP) is 2.15. The summed E-state index contributed by atoms with van der Waals surface area (Å²) in [6.07, 6.45) is 2.03. The van der Waals surface area contributed by atoms with Crippen LogP contribution in [0.1, 0.15) is 10.4 Å². The van der Waals surface area contributed by atoms with Crippen molar-refractivity contribution in [2.45, 2.75) is 0 Å². The van der Waals surface area contributed by atoms with Crippen LogP contribution in [-0.4, -0.2) is 15.9 Å². The van der Waals surface area contributed by atoms with Gasteiger partial charge in [-0.3, -0.25) is 4.79 Å². The Balaban J connectivity index is 2.22. The van der Waals surface area contributed by atoms with Crippen molar-refractivity contribution in [2.24, 2.45) is 0 Å². The van der Waals surface area contributed by atoms with Crippen molar-refractivity contribution in [3.8, 4) is 0 Å². The number of halogens is 3. The molecule has 0 spiro atoms. The maximum absolute atomic E-state index is 13.2. The van der Waals surface area contributed by atoms with Gasteiger partial charge >= 0.3 is 0 Å². The third kappa shape index (κ3) is 2.45. The maximum atomic E-state index is 13.2. The van der Waals surface area contributed by atoms with Crippen LogP contribution < -0.4 is 5.32 Å². The molecular formula is C11H6F3N3O. The first-order valence-corrected chi connectivity index (χ1v) is 4.81. The molecule has 2 aromatic heterocycles. The Hall–Kier alpha value is -2.44. The van der Waals surface area contributed by atoms with E-state index >= 15 is 0 Å². The summed E-state index contributed by atoms with van der Waals surface area (Å²) < 4.78 is 38.6. The molecule has 0 radical (unpaired) electrons. The summed E-state index contributed by atoms with van der Waals surface area (Å²) in [6.45, 7) is 0. The van der Waals surface area contributed by atoms with Gasteiger partial charge in [-0.05, 0) is 18.2 Å². The average molecular weight is 253 g/mol. The average Bonchev–Trinajstić information content (AvgIpc) is 2.35. The van der Waals surface area contributed by atoms with Gasteiger partial charge in [0, 0.05) is 6.20 Å². The normalized spacial score (nSPS) is 10.2. The summed E-state index contributed by atoms with van der Waals surface area (Å²) in [5, 5.41) is 2.25. The molecular weight excluding hydrogens is 247 g/mol. The van der Waals surface area contributed by atoms with E-state index in [9.17, 15) is 18.0 Å². The molecule has 0 saturated heterocycles. The van der Waals surface area contributed by atoms with Crippen molar-refractivity contribution in [1.82, 2.24) is 9.97 Å². The molecule has 7 heteroatoms. The van der Waals surface area contributed by atoms with Crippen molar-refractivity contribution in [2.75, 3.05) is 5.32 Å². The molecule has 2 heterocycles. The van der Waals surface area contributed by atoms with Crippen LogP contribution >= 0.6 is 0 Å². The Morgan fingerprint density at radius 2 is 1.89 bits per heavy atom. The van der Waals surface area contributed by atoms with E-state index in [0.29, 0.717) is 0 Å². The maximum Gasteiger partial charge on any atom is 0.258 e. The Morgan fingerprint density at radius 3 is 2.56 bits per heavy atom. The minimum atomic E-state index is -1.36. The lowest BCUT2D eigenvalue weighted by molar-refractivity contribution is 0.102. The number of pyridine rings is 2. The fourth-order valence-corrected chi connectivity index (χ4v) is 1.24. The smallest absolute Gasteiger partial charge is 0.258 e. The quantitative estimate of drug-likeness (QED) is 0.834. The van der Waals surface area contributed by atoms with E-state index in [2.05, 4.69) is 15.3 Å². The number of nitrogens with one attached hydrogen (secondary N) is 1. The largest absolute Gasteiger partial charge is 0.320 e. The van der Waals surface area contributed by atoms with E-state index in [0.717, 1.165) is 24.5 Å². The molecule has 1 N–H and O–H groups in total. The zero-order valence-electron chi connectivity index (χ0n) is 8.82. The number of anilines is 1. The number of nitrogens with zero attached hydrogens (tertiary/aromatic N) is 2. The van der Waals surface area contributed by atoms with Crippen LogP contribution in [0.3, 0.4) is 0 Å². The van der Waals surface area contributed by atoms with E-state index in [1.807, 2.05) is 0 Å². The summed E-state index contributed by atoms with van der Waals surface area (Å²) in [5.41, 5.74) is -0.329. The minimum absolute atomic E-state index is 0.165. The van der Waals surface area contributed by atoms with E-state index in [1.54, 1.807) is 0 Å². The highest BCUT2D eigenvalue weighted by Gasteiger charge is 2.16. The molecule has 0 aliphatic rings. The third-order valence-electron chi connectivity index (χ3n) is 2.08. The molecule has 4 nitrogen and oxygen atoms in total. The number of aromatic nitrogens is 2. The summed E-state index contributed by atoms with van der Waals surface area (Å²) in [5.74, 6) is -4.29. The predicted molar refractivity (Wildman–Crippen MR) is 56.3 cm³/mol. The van der Waals surface area contributed by atoms with Crippen LogP contribution in [0.25, 0.3) is 0 Å². The highest BCUT2D eigenvalue weighted by Crippen LogP contribution is 2.12. The fourth-order valence-electron chi connectivity index (χ4n) is 1.24. The van der Waals surface area contributed by atoms with Crippen molar-refractivity contribution in [3.63, 3.8) is 0 Å². The Bertz CT molecular complexity index is 587. The van der Waals surface area contributed by atoms with Gasteiger partial charge in [0.25, 0.3) is 5.91 Å². The first kappa shape index (κ1) is 12.0. The molecule has 2 aromatic rings. The molecule has 2 rings (SSSR count). The lowest BCUT2D eigenvalue weighted by Crippen LogP contribution is -2.15. The molecule has 92 valence electrons. The SMILES string of the molecule is O=C(Nc1ccc(F)nc1)c1ccnc(F)c1F. The van der Waals surface area contributed by atoms with Gasteiger partial charge in [0.15, 0.2) is 5.82 Å². The zero-order chi connectivity index (χ0) is 13.1. The van der Waals surface area contributed by atoms with Crippen LogP contribution in [0, 0.1) is 17.7 Å².